The standard InChI is InChI=1S/C15H21N3/c1-11(2)18-10-17-9-15(18)14-7-5-4-6-13(14)8-12(3)16/h4-7,9-12H,8,16H2,1-3H3. The first kappa shape index (κ1) is 12.8. The van der Waals surface area contributed by atoms with Crippen molar-refractivity contribution >= 4 is 0 Å². The number of aromatic nitrogens is 2. The van der Waals surface area contributed by atoms with Crippen LogP contribution in [0.15, 0.2) is 36.8 Å². The molecule has 1 unspecified atom stereocenters. The van der Waals surface area contributed by atoms with Crippen LogP contribution >= 0.6 is 0 Å². The second kappa shape index (κ2) is 5.36. The second-order valence-corrected chi connectivity index (χ2v) is 5.12. The van der Waals surface area contributed by atoms with Gasteiger partial charge >= 0.3 is 0 Å². The van der Waals surface area contributed by atoms with E-state index in [1.54, 1.807) is 0 Å². The van der Waals surface area contributed by atoms with Gasteiger partial charge in [-0.05, 0) is 32.8 Å². The number of hydrogen-bond acceptors (Lipinski definition) is 2. The Balaban J connectivity index is 2.46. The van der Waals surface area contributed by atoms with Crippen molar-refractivity contribution in [3.8, 4) is 11.3 Å². The zero-order valence-electron chi connectivity index (χ0n) is 11.3. The molecule has 0 aliphatic rings. The highest BCUT2D eigenvalue weighted by Crippen LogP contribution is 2.26. The molecule has 0 radical (unpaired) electrons. The number of nitrogens with zero attached hydrogens (tertiary/aromatic N) is 2. The van der Waals surface area contributed by atoms with Gasteiger partial charge in [0.25, 0.3) is 0 Å². The number of imidazole rings is 1. The van der Waals surface area contributed by atoms with Crippen LogP contribution in [0.3, 0.4) is 0 Å². The van der Waals surface area contributed by atoms with Crippen molar-refractivity contribution in [1.29, 1.82) is 0 Å². The van der Waals surface area contributed by atoms with Crippen LogP contribution in [-0.4, -0.2) is 15.6 Å². The van der Waals surface area contributed by atoms with Crippen molar-refractivity contribution in [1.82, 2.24) is 9.55 Å². The van der Waals surface area contributed by atoms with Gasteiger partial charge in [-0.15, -0.1) is 0 Å². The summed E-state index contributed by atoms with van der Waals surface area (Å²) >= 11 is 0. The zero-order chi connectivity index (χ0) is 13.1. The lowest BCUT2D eigenvalue weighted by atomic mass is 9.99. The lowest BCUT2D eigenvalue weighted by molar-refractivity contribution is 0.605. The molecule has 3 nitrogen and oxygen atoms in total. The van der Waals surface area contributed by atoms with E-state index < -0.39 is 0 Å². The van der Waals surface area contributed by atoms with E-state index in [4.69, 9.17) is 5.73 Å². The molecule has 0 spiro atoms. The molecule has 3 heteroatoms. The van der Waals surface area contributed by atoms with E-state index in [0.717, 1.165) is 6.42 Å². The maximum Gasteiger partial charge on any atom is 0.0953 e. The summed E-state index contributed by atoms with van der Waals surface area (Å²) in [5, 5.41) is 0. The Morgan fingerprint density at radius 2 is 1.94 bits per heavy atom. The summed E-state index contributed by atoms with van der Waals surface area (Å²) in [6.07, 6.45) is 4.71. The van der Waals surface area contributed by atoms with Crippen LogP contribution in [0.5, 0.6) is 0 Å². The summed E-state index contributed by atoms with van der Waals surface area (Å²) in [6, 6.07) is 9.01. The van der Waals surface area contributed by atoms with Crippen molar-refractivity contribution in [2.45, 2.75) is 39.3 Å². The summed E-state index contributed by atoms with van der Waals surface area (Å²) in [4.78, 5) is 4.27. The van der Waals surface area contributed by atoms with E-state index in [2.05, 4.69) is 47.7 Å². The number of nitrogens with two attached hydrogens (primary N) is 1. The Kier molecular flexibility index (Phi) is 3.82. The zero-order valence-corrected chi connectivity index (χ0v) is 11.3. The topological polar surface area (TPSA) is 43.8 Å². The second-order valence-electron chi connectivity index (χ2n) is 5.12. The summed E-state index contributed by atoms with van der Waals surface area (Å²) in [5.74, 6) is 0. The molecule has 96 valence electrons. The minimum Gasteiger partial charge on any atom is -0.328 e. The fraction of sp³-hybridized carbons (Fsp3) is 0.400. The molecule has 0 saturated heterocycles. The Bertz CT molecular complexity index is 512. The van der Waals surface area contributed by atoms with Gasteiger partial charge in [0.2, 0.25) is 0 Å². The van der Waals surface area contributed by atoms with Crippen LogP contribution in [0.4, 0.5) is 0 Å². The average molecular weight is 243 g/mol. The Hall–Kier alpha value is -1.61. The van der Waals surface area contributed by atoms with Gasteiger partial charge in [0.05, 0.1) is 18.2 Å². The van der Waals surface area contributed by atoms with Crippen LogP contribution in [0.25, 0.3) is 11.3 Å². The molecule has 0 fully saturated rings. The lowest BCUT2D eigenvalue weighted by Gasteiger charge is -2.15. The molecular formula is C15H21N3. The average Bonchev–Trinajstić information content (AvgIpc) is 2.77. The van der Waals surface area contributed by atoms with Crippen molar-refractivity contribution < 1.29 is 0 Å². The Labute approximate surface area is 109 Å². The predicted molar refractivity (Wildman–Crippen MR) is 75.4 cm³/mol. The molecule has 2 N–H and O–H groups in total. The third-order valence-electron chi connectivity index (χ3n) is 3.06. The molecule has 18 heavy (non-hydrogen) atoms. The fourth-order valence-corrected chi connectivity index (χ4v) is 2.22. The molecule has 0 amide bonds. The predicted octanol–water partition coefficient (Wildman–Crippen LogP) is 3.02. The van der Waals surface area contributed by atoms with Gasteiger partial charge in [0.1, 0.15) is 0 Å². The molecule has 1 atom stereocenters. The van der Waals surface area contributed by atoms with E-state index >= 15 is 0 Å². The van der Waals surface area contributed by atoms with E-state index in [0.29, 0.717) is 6.04 Å². The van der Waals surface area contributed by atoms with Crippen LogP contribution in [0, 0.1) is 0 Å². The first-order valence-electron chi connectivity index (χ1n) is 6.45. The minimum atomic E-state index is 0.168. The van der Waals surface area contributed by atoms with Gasteiger partial charge in [-0.25, -0.2) is 4.98 Å². The highest BCUT2D eigenvalue weighted by atomic mass is 15.1. The van der Waals surface area contributed by atoms with Gasteiger partial charge in [-0.3, -0.25) is 0 Å². The Morgan fingerprint density at radius 3 is 2.61 bits per heavy atom. The van der Waals surface area contributed by atoms with Gasteiger partial charge in [-0.2, -0.15) is 0 Å². The SMILES string of the molecule is CC(N)Cc1ccccc1-c1cncn1C(C)C. The molecule has 1 aromatic carbocycles. The molecule has 2 rings (SSSR count). The van der Waals surface area contributed by atoms with Gasteiger partial charge in [0.15, 0.2) is 0 Å². The summed E-state index contributed by atoms with van der Waals surface area (Å²) in [6.45, 7) is 6.37. The summed E-state index contributed by atoms with van der Waals surface area (Å²) in [7, 11) is 0. The first-order chi connectivity index (χ1) is 8.59. The van der Waals surface area contributed by atoms with Crippen molar-refractivity contribution in [2.75, 3.05) is 0 Å². The maximum atomic E-state index is 5.92. The molecule has 0 bridgehead atoms. The first-order valence-corrected chi connectivity index (χ1v) is 6.45. The summed E-state index contributed by atoms with van der Waals surface area (Å²) < 4.78 is 2.19. The third kappa shape index (κ3) is 2.62. The largest absolute Gasteiger partial charge is 0.328 e. The lowest BCUT2D eigenvalue weighted by Crippen LogP contribution is -2.18. The Morgan fingerprint density at radius 1 is 1.22 bits per heavy atom. The highest BCUT2D eigenvalue weighted by molar-refractivity contribution is 5.63. The molecule has 0 aliphatic carbocycles. The van der Waals surface area contributed by atoms with Gasteiger partial charge < -0.3 is 10.3 Å². The molecule has 0 saturated carbocycles. The molecule has 2 aromatic rings. The van der Waals surface area contributed by atoms with Crippen molar-refractivity contribution in [2.24, 2.45) is 5.73 Å². The van der Waals surface area contributed by atoms with Crippen LogP contribution in [-0.2, 0) is 6.42 Å². The van der Waals surface area contributed by atoms with Crippen LogP contribution < -0.4 is 5.73 Å². The van der Waals surface area contributed by atoms with E-state index in [1.165, 1.54) is 16.8 Å². The fourth-order valence-electron chi connectivity index (χ4n) is 2.22. The smallest absolute Gasteiger partial charge is 0.0953 e. The molecular weight excluding hydrogens is 222 g/mol. The van der Waals surface area contributed by atoms with Crippen molar-refractivity contribution in [3.05, 3.63) is 42.4 Å². The summed E-state index contributed by atoms with van der Waals surface area (Å²) in [5.41, 5.74) is 9.61. The quantitative estimate of drug-likeness (QED) is 0.897. The van der Waals surface area contributed by atoms with E-state index in [-0.39, 0.29) is 6.04 Å². The number of hydrogen-bond donors (Lipinski definition) is 1. The van der Waals surface area contributed by atoms with Crippen molar-refractivity contribution in [3.63, 3.8) is 0 Å². The molecule has 0 aliphatic heterocycles. The monoisotopic (exact) mass is 243 g/mol. The molecule has 1 aromatic heterocycles. The van der Waals surface area contributed by atoms with Gasteiger partial charge in [-0.1, -0.05) is 24.3 Å². The van der Waals surface area contributed by atoms with Gasteiger partial charge in [0, 0.05) is 17.6 Å². The normalized spacial score (nSPS) is 12.9. The third-order valence-corrected chi connectivity index (χ3v) is 3.06. The molecule has 1 heterocycles. The van der Waals surface area contributed by atoms with Crippen LogP contribution in [0.2, 0.25) is 0 Å². The maximum absolute atomic E-state index is 5.92. The van der Waals surface area contributed by atoms with Crippen LogP contribution in [0.1, 0.15) is 32.4 Å². The number of rotatable bonds is 4. The van der Waals surface area contributed by atoms with E-state index in [9.17, 15) is 0 Å². The number of benzene rings is 1. The minimum absolute atomic E-state index is 0.168. The highest BCUT2D eigenvalue weighted by Gasteiger charge is 2.12. The van der Waals surface area contributed by atoms with E-state index in [1.807, 2.05) is 19.4 Å².